The molecule has 1 unspecified atom stereocenters. The van der Waals surface area contributed by atoms with Crippen LogP contribution in [0.1, 0.15) is 82.6 Å². The summed E-state index contributed by atoms with van der Waals surface area (Å²) in [5.41, 5.74) is 4.20. The fourth-order valence-electron chi connectivity index (χ4n) is 10.6. The molecule has 2 saturated heterocycles. The number of ether oxygens (including phenoxy) is 8. The molecule has 15 nitrogen and oxygen atoms in total. The van der Waals surface area contributed by atoms with Gasteiger partial charge in [0.25, 0.3) is 0 Å². The number of nitrogens with one attached hydrogen (secondary N) is 1. The molecule has 7 aliphatic rings. The van der Waals surface area contributed by atoms with E-state index in [1.165, 1.54) is 7.11 Å². The number of hydrogen-bond acceptors (Lipinski definition) is 16. The summed E-state index contributed by atoms with van der Waals surface area (Å²) in [5, 5.41) is 26.4. The van der Waals surface area contributed by atoms with Gasteiger partial charge in [0.2, 0.25) is 6.79 Å². The molecule has 0 aromatic heterocycles. The number of thioether (sulfide) groups is 1. The van der Waals surface area contributed by atoms with Gasteiger partial charge in [0.15, 0.2) is 40.0 Å². The van der Waals surface area contributed by atoms with E-state index >= 15 is 0 Å². The molecule has 16 heteroatoms. The van der Waals surface area contributed by atoms with Gasteiger partial charge in [-0.15, -0.1) is 11.8 Å². The zero-order valence-electron chi connectivity index (χ0n) is 35.2. The number of piperazine rings is 1. The van der Waals surface area contributed by atoms with Crippen molar-refractivity contribution in [3.05, 3.63) is 62.7 Å². The normalized spacial score (nSPS) is 27.7. The minimum atomic E-state index is -1.37. The Morgan fingerprint density at radius 1 is 1.00 bits per heavy atom. The number of esters is 1. The van der Waals surface area contributed by atoms with Crippen molar-refractivity contribution >= 4 is 23.9 Å². The number of phenols is 1. The maximum absolute atomic E-state index is 15.0. The van der Waals surface area contributed by atoms with Crippen LogP contribution in [-0.4, -0.2) is 105 Å². The molecule has 2 fully saturated rings. The van der Waals surface area contributed by atoms with Gasteiger partial charge < -0.3 is 43.0 Å². The second kappa shape index (κ2) is 14.5. The standard InChI is InChI=1S/C44H50N4O11S/c1-20-12-23-13-25-26(16-45)48-27-17-55-41(50)44(24-15-28(52-7)29(14-22(24)10-11-46-44)58-42(51)59-43(3,4)5)18-60-40(34(48)33(47(25)6)30(23)35(49)36(20)53-8)32-31(27)39-38(56-19-57-39)21(2)37(32)54-9/h12,14-15,25-27,33-34,40,46,49H,10-11,13,17-19H2,1-9H3/t25-,26+,27-,33+,34?,40-,44-/m1/s1. The summed E-state index contributed by atoms with van der Waals surface area (Å²) in [6.07, 6.45) is 0.168. The number of carbonyl (C=O) groups is 2. The Bertz CT molecular complexity index is 2360. The van der Waals surface area contributed by atoms with Crippen LogP contribution in [0, 0.1) is 25.2 Å². The Morgan fingerprint density at radius 2 is 1.75 bits per heavy atom. The van der Waals surface area contributed by atoms with Crippen LogP contribution in [0.4, 0.5) is 4.79 Å². The SMILES string of the molecule is COc1cc2c(cc1OC(=O)OC(C)(C)C)CCN[C@]21CS[C@@H]2c3c(OC)c(C)c4c(c3[C@@H](COC1=O)N1C2[C@@H]2c3c(cc(C)c(OC)c3O)C[C@H]([C@@H]1C#N)N2C)OCO4. The monoisotopic (exact) mass is 842 g/mol. The maximum atomic E-state index is 15.0. The molecule has 1 spiro atoms. The highest BCUT2D eigenvalue weighted by atomic mass is 32.2. The number of aromatic hydroxyl groups is 1. The van der Waals surface area contributed by atoms with Crippen molar-refractivity contribution in [2.75, 3.05) is 54.1 Å². The zero-order valence-corrected chi connectivity index (χ0v) is 36.0. The van der Waals surface area contributed by atoms with Crippen LogP contribution < -0.4 is 33.7 Å². The summed E-state index contributed by atoms with van der Waals surface area (Å²) in [7, 11) is 6.69. The zero-order chi connectivity index (χ0) is 42.6. The number of phenolic OH excluding ortho intramolecular Hbond substituents is 1. The van der Waals surface area contributed by atoms with Gasteiger partial charge in [-0.25, -0.2) is 9.59 Å². The third-order valence-corrected chi connectivity index (χ3v) is 14.4. The first-order valence-corrected chi connectivity index (χ1v) is 21.2. The first-order chi connectivity index (χ1) is 28.7. The van der Waals surface area contributed by atoms with E-state index < -0.39 is 52.7 Å². The summed E-state index contributed by atoms with van der Waals surface area (Å²) in [6, 6.07) is 5.76. The van der Waals surface area contributed by atoms with E-state index in [1.54, 1.807) is 58.9 Å². The van der Waals surface area contributed by atoms with Crippen molar-refractivity contribution in [1.29, 1.82) is 5.26 Å². The number of nitrogens with zero attached hydrogens (tertiary/aromatic N) is 3. The van der Waals surface area contributed by atoms with Gasteiger partial charge in [-0.05, 0) is 88.9 Å². The first kappa shape index (κ1) is 40.3. The van der Waals surface area contributed by atoms with Gasteiger partial charge in [-0.2, -0.15) is 5.26 Å². The molecule has 3 aromatic rings. The molecule has 10 rings (SSSR count). The van der Waals surface area contributed by atoms with Crippen LogP contribution in [0.5, 0.6) is 40.2 Å². The molecule has 7 atom stereocenters. The minimum absolute atomic E-state index is 0.00483. The van der Waals surface area contributed by atoms with Crippen molar-refractivity contribution in [3.63, 3.8) is 0 Å². The highest BCUT2D eigenvalue weighted by Gasteiger charge is 2.61. The van der Waals surface area contributed by atoms with E-state index in [1.807, 2.05) is 20.9 Å². The molecule has 4 bridgehead atoms. The average Bonchev–Trinajstić information content (AvgIpc) is 3.69. The molecule has 0 saturated carbocycles. The van der Waals surface area contributed by atoms with Crippen LogP contribution in [0.2, 0.25) is 0 Å². The Hall–Kier alpha value is -5.08. The maximum Gasteiger partial charge on any atom is 0.514 e. The predicted octanol–water partition coefficient (Wildman–Crippen LogP) is 5.68. The number of fused-ring (bicyclic) bond motifs is 9. The number of likely N-dealkylation sites (N-methyl/N-ethyl adjacent to an activating group) is 1. The number of hydrogen-bond donors (Lipinski definition) is 2. The van der Waals surface area contributed by atoms with Gasteiger partial charge in [-0.1, -0.05) is 6.07 Å². The third kappa shape index (κ3) is 5.87. The van der Waals surface area contributed by atoms with Crippen molar-refractivity contribution in [1.82, 2.24) is 15.1 Å². The van der Waals surface area contributed by atoms with Gasteiger partial charge in [-0.3, -0.25) is 15.1 Å². The molecular formula is C44H50N4O11S. The molecule has 3 aromatic carbocycles. The molecule has 60 heavy (non-hydrogen) atoms. The number of methoxy groups -OCH3 is 3. The lowest BCUT2D eigenvalue weighted by atomic mass is 9.71. The molecule has 318 valence electrons. The van der Waals surface area contributed by atoms with Crippen molar-refractivity contribution in [3.8, 4) is 46.3 Å². The Kier molecular flexibility index (Phi) is 9.77. The lowest BCUT2D eigenvalue weighted by Crippen LogP contribution is -2.69. The Balaban J connectivity index is 1.25. The van der Waals surface area contributed by atoms with E-state index in [0.29, 0.717) is 47.9 Å². The van der Waals surface area contributed by atoms with Gasteiger partial charge in [0.05, 0.1) is 44.7 Å². The summed E-state index contributed by atoms with van der Waals surface area (Å²) < 4.78 is 47.9. The van der Waals surface area contributed by atoms with Crippen LogP contribution in [-0.2, 0) is 32.6 Å². The highest BCUT2D eigenvalue weighted by molar-refractivity contribution is 7.99. The number of carbonyl (C=O) groups excluding carboxylic acids is 2. The number of rotatable bonds is 4. The minimum Gasteiger partial charge on any atom is -0.504 e. The van der Waals surface area contributed by atoms with Crippen molar-refractivity contribution < 1.29 is 52.6 Å². The summed E-state index contributed by atoms with van der Waals surface area (Å²) in [6.45, 7) is 9.42. The second-order valence-electron chi connectivity index (χ2n) is 17.2. The third-order valence-electron chi connectivity index (χ3n) is 13.0. The molecule has 2 N–H and O–H groups in total. The summed E-state index contributed by atoms with van der Waals surface area (Å²) >= 11 is 1.55. The highest BCUT2D eigenvalue weighted by Crippen LogP contribution is 2.64. The number of nitriles is 1. The van der Waals surface area contributed by atoms with E-state index in [4.69, 9.17) is 37.9 Å². The van der Waals surface area contributed by atoms with Crippen LogP contribution in [0.25, 0.3) is 0 Å². The van der Waals surface area contributed by atoms with Crippen LogP contribution >= 0.6 is 11.8 Å². The predicted molar refractivity (Wildman–Crippen MR) is 218 cm³/mol. The summed E-state index contributed by atoms with van der Waals surface area (Å²) in [4.78, 5) is 32.3. The number of benzene rings is 3. The van der Waals surface area contributed by atoms with Crippen molar-refractivity contribution in [2.45, 2.75) is 94.1 Å². The largest absolute Gasteiger partial charge is 0.514 e. The van der Waals surface area contributed by atoms with Gasteiger partial charge >= 0.3 is 12.1 Å². The summed E-state index contributed by atoms with van der Waals surface area (Å²) in [5.74, 6) is 2.32. The molecule has 0 radical (unpaired) electrons. The quantitative estimate of drug-likeness (QED) is 0.243. The fourth-order valence-corrected chi connectivity index (χ4v) is 12.3. The lowest BCUT2D eigenvalue weighted by molar-refractivity contribution is -0.157. The first-order valence-electron chi connectivity index (χ1n) is 20.1. The van der Waals surface area contributed by atoms with E-state index in [0.717, 1.165) is 38.9 Å². The second-order valence-corrected chi connectivity index (χ2v) is 18.4. The number of aryl methyl sites for hydroxylation is 1. The van der Waals surface area contributed by atoms with E-state index in [9.17, 15) is 20.0 Å². The van der Waals surface area contributed by atoms with Gasteiger partial charge in [0.1, 0.15) is 24.0 Å². The smallest absolute Gasteiger partial charge is 0.504 e. The topological polar surface area (TPSA) is 171 Å². The average molecular weight is 843 g/mol. The molecule has 0 aliphatic carbocycles. The van der Waals surface area contributed by atoms with Crippen molar-refractivity contribution in [2.24, 2.45) is 0 Å². The Morgan fingerprint density at radius 3 is 2.45 bits per heavy atom. The van der Waals surface area contributed by atoms with Gasteiger partial charge in [0, 0.05) is 46.6 Å². The van der Waals surface area contributed by atoms with E-state index in [-0.39, 0.29) is 42.4 Å². The Labute approximate surface area is 353 Å². The molecule has 0 amide bonds. The van der Waals surface area contributed by atoms with Crippen LogP contribution in [0.3, 0.4) is 0 Å². The lowest BCUT2D eigenvalue weighted by Gasteiger charge is -2.62. The van der Waals surface area contributed by atoms with E-state index in [2.05, 4.69) is 27.3 Å². The van der Waals surface area contributed by atoms with Crippen LogP contribution in [0.15, 0.2) is 18.2 Å². The molecule has 7 aliphatic heterocycles. The molecular weight excluding hydrogens is 793 g/mol. The molecule has 7 heterocycles. The fraction of sp³-hybridized carbons (Fsp3) is 0.523.